The number of halogens is 1. The van der Waals surface area contributed by atoms with Gasteiger partial charge in [0.05, 0.1) is 5.69 Å². The van der Waals surface area contributed by atoms with Crippen LogP contribution in [0.3, 0.4) is 0 Å². The molecule has 2 heterocycles. The molecule has 108 valence electrons. The number of nitrogens with zero attached hydrogens (tertiary/aromatic N) is 2. The van der Waals surface area contributed by atoms with E-state index in [4.69, 9.17) is 11.6 Å². The lowest BCUT2D eigenvalue weighted by Crippen LogP contribution is -2.22. The molecule has 0 bridgehead atoms. The number of H-pyrrole nitrogens is 1. The van der Waals surface area contributed by atoms with E-state index in [2.05, 4.69) is 10.1 Å². The first-order valence-corrected chi connectivity index (χ1v) is 7.38. The van der Waals surface area contributed by atoms with Gasteiger partial charge >= 0.3 is 0 Å². The molecule has 5 heteroatoms. The molecule has 0 atom stereocenters. The van der Waals surface area contributed by atoms with E-state index in [-0.39, 0.29) is 5.56 Å². The Labute approximate surface area is 127 Å². The average molecular weight is 302 g/mol. The first-order chi connectivity index (χ1) is 10.1. The third-order valence-electron chi connectivity index (χ3n) is 3.62. The molecule has 4 nitrogen and oxygen atoms in total. The van der Waals surface area contributed by atoms with Gasteiger partial charge < -0.3 is 0 Å². The maximum atomic E-state index is 12.5. The monoisotopic (exact) mass is 301 g/mol. The molecule has 21 heavy (non-hydrogen) atoms. The van der Waals surface area contributed by atoms with Crippen LogP contribution in [0.25, 0.3) is 16.9 Å². The number of hydrogen-bond donors (Lipinski definition) is 1. The molecule has 0 unspecified atom stereocenters. The first kappa shape index (κ1) is 13.9. The van der Waals surface area contributed by atoms with Crippen molar-refractivity contribution in [3.63, 3.8) is 0 Å². The highest BCUT2D eigenvalue weighted by Crippen LogP contribution is 2.19. The van der Waals surface area contributed by atoms with E-state index in [1.165, 1.54) is 10.1 Å². The Morgan fingerprint density at radius 1 is 1.24 bits per heavy atom. The minimum absolute atomic E-state index is 0.0727. The number of rotatable bonds is 3. The number of alkyl halides is 1. The molecule has 0 saturated carbocycles. The van der Waals surface area contributed by atoms with Crippen molar-refractivity contribution in [1.82, 2.24) is 14.6 Å². The van der Waals surface area contributed by atoms with E-state index >= 15 is 0 Å². The van der Waals surface area contributed by atoms with E-state index in [0.717, 1.165) is 17.0 Å². The second-order valence-corrected chi connectivity index (χ2v) is 5.53. The second kappa shape index (κ2) is 5.37. The standard InChI is InChI=1S/C16H16ClN3O/c1-10-3-5-12(6-4-10)14-9-15-18-11(2)13(7-8-17)16(21)20(15)19-14/h3-6,9,19H,7-8H2,1-2H3. The van der Waals surface area contributed by atoms with Crippen LogP contribution in [-0.2, 0) is 6.42 Å². The number of aromatic nitrogens is 3. The molecule has 0 amide bonds. The molecule has 0 fully saturated rings. The second-order valence-electron chi connectivity index (χ2n) is 5.15. The molecule has 0 aliphatic carbocycles. The predicted molar refractivity (Wildman–Crippen MR) is 85.1 cm³/mol. The molecule has 3 rings (SSSR count). The zero-order chi connectivity index (χ0) is 15.0. The van der Waals surface area contributed by atoms with E-state index < -0.39 is 0 Å². The Kier molecular flexibility index (Phi) is 3.55. The van der Waals surface area contributed by atoms with Gasteiger partial charge in [0.25, 0.3) is 5.56 Å². The molecule has 0 aliphatic heterocycles. The van der Waals surface area contributed by atoms with Gasteiger partial charge in [0.1, 0.15) is 0 Å². The molecular weight excluding hydrogens is 286 g/mol. The number of hydrogen-bond acceptors (Lipinski definition) is 2. The largest absolute Gasteiger partial charge is 0.289 e. The molecular formula is C16H16ClN3O. The first-order valence-electron chi connectivity index (χ1n) is 6.84. The van der Waals surface area contributed by atoms with Crippen molar-refractivity contribution >= 4 is 17.2 Å². The summed E-state index contributed by atoms with van der Waals surface area (Å²) in [5, 5.41) is 3.12. The van der Waals surface area contributed by atoms with Crippen LogP contribution >= 0.6 is 11.6 Å². The molecule has 0 spiro atoms. The maximum absolute atomic E-state index is 12.5. The molecule has 0 aliphatic rings. The van der Waals surface area contributed by atoms with Crippen molar-refractivity contribution in [2.45, 2.75) is 20.3 Å². The predicted octanol–water partition coefficient (Wildman–Crippen LogP) is 3.09. The van der Waals surface area contributed by atoms with Crippen LogP contribution < -0.4 is 5.56 Å². The minimum atomic E-state index is -0.0727. The highest BCUT2D eigenvalue weighted by atomic mass is 35.5. The quantitative estimate of drug-likeness (QED) is 0.756. The van der Waals surface area contributed by atoms with Gasteiger partial charge in [0, 0.05) is 23.2 Å². The Morgan fingerprint density at radius 2 is 1.95 bits per heavy atom. The summed E-state index contributed by atoms with van der Waals surface area (Å²) in [7, 11) is 0. The molecule has 0 radical (unpaired) electrons. The Hall–Kier alpha value is -2.07. The SMILES string of the molecule is Cc1ccc(-c2cc3nc(C)c(CCCl)c(=O)n3[nH]2)cc1. The van der Waals surface area contributed by atoms with Crippen LogP contribution in [0.5, 0.6) is 0 Å². The molecule has 1 N–H and O–H groups in total. The van der Waals surface area contributed by atoms with Crippen molar-refractivity contribution in [1.29, 1.82) is 0 Å². The van der Waals surface area contributed by atoms with E-state index in [1.807, 2.05) is 44.2 Å². The fourth-order valence-electron chi connectivity index (χ4n) is 2.43. The van der Waals surface area contributed by atoms with Crippen molar-refractivity contribution in [3.8, 4) is 11.3 Å². The summed E-state index contributed by atoms with van der Waals surface area (Å²) in [6, 6.07) is 10.0. The summed E-state index contributed by atoms with van der Waals surface area (Å²) >= 11 is 5.76. The smallest absolute Gasteiger partial charge is 0.276 e. The fraction of sp³-hybridized carbons (Fsp3) is 0.250. The number of benzene rings is 1. The minimum Gasteiger partial charge on any atom is -0.289 e. The molecule has 0 saturated heterocycles. The van der Waals surface area contributed by atoms with Gasteiger partial charge in [-0.3, -0.25) is 9.89 Å². The fourth-order valence-corrected chi connectivity index (χ4v) is 2.62. The summed E-state index contributed by atoms with van der Waals surface area (Å²) in [6.45, 7) is 3.89. The van der Waals surface area contributed by atoms with Crippen LogP contribution in [0.2, 0.25) is 0 Å². The lowest BCUT2D eigenvalue weighted by Gasteiger charge is -2.02. The van der Waals surface area contributed by atoms with Gasteiger partial charge in [-0.1, -0.05) is 29.8 Å². The number of aryl methyl sites for hydroxylation is 2. The zero-order valence-corrected chi connectivity index (χ0v) is 12.7. The van der Waals surface area contributed by atoms with Gasteiger partial charge in [-0.05, 0) is 25.8 Å². The van der Waals surface area contributed by atoms with E-state index in [0.29, 0.717) is 23.5 Å². The van der Waals surface area contributed by atoms with Crippen LogP contribution in [0.4, 0.5) is 0 Å². The third-order valence-corrected chi connectivity index (χ3v) is 3.81. The van der Waals surface area contributed by atoms with Crippen LogP contribution in [0.1, 0.15) is 16.8 Å². The number of aromatic amines is 1. The van der Waals surface area contributed by atoms with E-state index in [9.17, 15) is 4.79 Å². The Morgan fingerprint density at radius 3 is 2.62 bits per heavy atom. The third kappa shape index (κ3) is 2.47. The van der Waals surface area contributed by atoms with Crippen LogP contribution in [0.15, 0.2) is 35.1 Å². The van der Waals surface area contributed by atoms with Gasteiger partial charge in [0.2, 0.25) is 0 Å². The summed E-state index contributed by atoms with van der Waals surface area (Å²) in [5.41, 5.74) is 5.08. The number of nitrogens with one attached hydrogen (secondary N) is 1. The summed E-state index contributed by atoms with van der Waals surface area (Å²) in [4.78, 5) is 17.0. The molecule has 3 aromatic rings. The average Bonchev–Trinajstić information content (AvgIpc) is 2.88. The van der Waals surface area contributed by atoms with Crippen molar-refractivity contribution in [2.75, 3.05) is 5.88 Å². The topological polar surface area (TPSA) is 50.2 Å². The normalized spacial score (nSPS) is 11.2. The van der Waals surface area contributed by atoms with Crippen molar-refractivity contribution < 1.29 is 0 Å². The lowest BCUT2D eigenvalue weighted by molar-refractivity contribution is 0.857. The van der Waals surface area contributed by atoms with Crippen molar-refractivity contribution in [3.05, 3.63) is 57.5 Å². The van der Waals surface area contributed by atoms with Crippen molar-refractivity contribution in [2.24, 2.45) is 0 Å². The Balaban J connectivity index is 2.18. The Bertz CT molecular complexity index is 846. The van der Waals surface area contributed by atoms with Gasteiger partial charge in [-0.2, -0.15) is 0 Å². The van der Waals surface area contributed by atoms with Crippen LogP contribution in [0, 0.1) is 13.8 Å². The summed E-state index contributed by atoms with van der Waals surface area (Å²) < 4.78 is 1.49. The van der Waals surface area contributed by atoms with Gasteiger partial charge in [0.15, 0.2) is 5.65 Å². The van der Waals surface area contributed by atoms with Gasteiger partial charge in [-0.25, -0.2) is 9.50 Å². The van der Waals surface area contributed by atoms with Gasteiger partial charge in [-0.15, -0.1) is 11.6 Å². The number of fused-ring (bicyclic) bond motifs is 1. The molecule has 2 aromatic heterocycles. The zero-order valence-electron chi connectivity index (χ0n) is 12.0. The summed E-state index contributed by atoms with van der Waals surface area (Å²) in [5.74, 6) is 0.412. The highest BCUT2D eigenvalue weighted by molar-refractivity contribution is 6.18. The lowest BCUT2D eigenvalue weighted by atomic mass is 10.1. The van der Waals surface area contributed by atoms with Crippen LogP contribution in [-0.4, -0.2) is 20.5 Å². The highest BCUT2D eigenvalue weighted by Gasteiger charge is 2.12. The molecule has 1 aromatic carbocycles. The summed E-state index contributed by atoms with van der Waals surface area (Å²) in [6.07, 6.45) is 0.529. The van der Waals surface area contributed by atoms with E-state index in [1.54, 1.807) is 0 Å². The maximum Gasteiger partial charge on any atom is 0.276 e.